The van der Waals surface area contributed by atoms with Gasteiger partial charge in [0.25, 0.3) is 0 Å². The van der Waals surface area contributed by atoms with Crippen LogP contribution in [-0.4, -0.2) is 23.8 Å². The van der Waals surface area contributed by atoms with Crippen LogP contribution in [0.3, 0.4) is 0 Å². The highest BCUT2D eigenvalue weighted by atomic mass is 19.1. The molecular formula is C13H19FN2O2. The van der Waals surface area contributed by atoms with Crippen molar-refractivity contribution in [1.82, 2.24) is 5.32 Å². The van der Waals surface area contributed by atoms with E-state index in [4.69, 9.17) is 0 Å². The third kappa shape index (κ3) is 5.14. The smallest absolute Gasteiger partial charge is 0.319 e. The molecule has 0 radical (unpaired) electrons. The minimum absolute atomic E-state index is 0.165. The lowest BCUT2D eigenvalue weighted by Crippen LogP contribution is -2.32. The summed E-state index contributed by atoms with van der Waals surface area (Å²) in [4.78, 5) is 11.4. The molecule has 0 aliphatic carbocycles. The Balaban J connectivity index is 2.30. The number of nitrogens with one attached hydrogen (secondary N) is 2. The quantitative estimate of drug-likeness (QED) is 0.755. The van der Waals surface area contributed by atoms with Crippen LogP contribution >= 0.6 is 0 Å². The van der Waals surface area contributed by atoms with Gasteiger partial charge in [0.05, 0.1) is 6.10 Å². The summed E-state index contributed by atoms with van der Waals surface area (Å²) in [6.45, 7) is 4.20. The molecule has 1 atom stereocenters. The van der Waals surface area contributed by atoms with Crippen molar-refractivity contribution in [2.24, 2.45) is 5.92 Å². The normalized spacial score (nSPS) is 12.3. The Morgan fingerprint density at radius 3 is 2.78 bits per heavy atom. The summed E-state index contributed by atoms with van der Waals surface area (Å²) in [6.07, 6.45) is 0.0632. The number of halogens is 1. The summed E-state index contributed by atoms with van der Waals surface area (Å²) in [5, 5.41) is 14.7. The van der Waals surface area contributed by atoms with E-state index in [9.17, 15) is 14.3 Å². The van der Waals surface area contributed by atoms with Crippen molar-refractivity contribution in [2.75, 3.05) is 11.9 Å². The van der Waals surface area contributed by atoms with E-state index in [-0.39, 0.29) is 5.92 Å². The number of amides is 2. The lowest BCUT2D eigenvalue weighted by atomic mass is 10.0. The first kappa shape index (κ1) is 14.4. The molecule has 1 aromatic carbocycles. The molecule has 0 aliphatic heterocycles. The molecule has 3 N–H and O–H groups in total. The van der Waals surface area contributed by atoms with Gasteiger partial charge in [0.2, 0.25) is 0 Å². The minimum Gasteiger partial charge on any atom is -0.393 e. The second-order valence-electron chi connectivity index (χ2n) is 4.49. The maximum absolute atomic E-state index is 12.9. The first-order valence-electron chi connectivity index (χ1n) is 5.97. The molecule has 2 amide bonds. The lowest BCUT2D eigenvalue weighted by Gasteiger charge is -2.14. The van der Waals surface area contributed by atoms with Crippen LogP contribution in [0.5, 0.6) is 0 Å². The molecule has 0 fully saturated rings. The molecule has 0 aliphatic rings. The van der Waals surface area contributed by atoms with Gasteiger partial charge in [-0.05, 0) is 30.5 Å². The van der Waals surface area contributed by atoms with Gasteiger partial charge in [0.15, 0.2) is 0 Å². The zero-order valence-electron chi connectivity index (χ0n) is 10.6. The Hall–Kier alpha value is -1.62. The number of anilines is 1. The van der Waals surface area contributed by atoms with Crippen LogP contribution in [-0.2, 0) is 0 Å². The maximum Gasteiger partial charge on any atom is 0.319 e. The van der Waals surface area contributed by atoms with Crippen LogP contribution in [0, 0.1) is 11.7 Å². The zero-order chi connectivity index (χ0) is 13.5. The summed E-state index contributed by atoms with van der Waals surface area (Å²) >= 11 is 0. The van der Waals surface area contributed by atoms with Gasteiger partial charge in [-0.2, -0.15) is 0 Å². The van der Waals surface area contributed by atoms with Gasteiger partial charge >= 0.3 is 6.03 Å². The van der Waals surface area contributed by atoms with Gasteiger partial charge in [-0.25, -0.2) is 9.18 Å². The van der Waals surface area contributed by atoms with E-state index < -0.39 is 18.0 Å². The van der Waals surface area contributed by atoms with E-state index in [1.807, 2.05) is 13.8 Å². The Kier molecular flexibility index (Phi) is 5.58. The summed E-state index contributed by atoms with van der Waals surface area (Å²) in [5.74, 6) is -0.235. The Labute approximate surface area is 106 Å². The second kappa shape index (κ2) is 6.96. The molecule has 1 unspecified atom stereocenters. The van der Waals surface area contributed by atoms with Crippen LogP contribution in [0.2, 0.25) is 0 Å². The van der Waals surface area contributed by atoms with E-state index in [2.05, 4.69) is 10.6 Å². The zero-order valence-corrected chi connectivity index (χ0v) is 10.6. The number of urea groups is 1. The van der Waals surface area contributed by atoms with Crippen LogP contribution in [0.1, 0.15) is 20.3 Å². The fourth-order valence-corrected chi connectivity index (χ4v) is 1.41. The van der Waals surface area contributed by atoms with Crippen molar-refractivity contribution in [2.45, 2.75) is 26.4 Å². The molecule has 1 rings (SSSR count). The molecule has 5 heteroatoms. The van der Waals surface area contributed by atoms with Crippen molar-refractivity contribution < 1.29 is 14.3 Å². The molecule has 0 saturated carbocycles. The maximum atomic E-state index is 12.9. The van der Waals surface area contributed by atoms with Gasteiger partial charge in [0, 0.05) is 12.2 Å². The van der Waals surface area contributed by atoms with Crippen LogP contribution < -0.4 is 10.6 Å². The average Bonchev–Trinajstić information content (AvgIpc) is 2.28. The van der Waals surface area contributed by atoms with Crippen molar-refractivity contribution in [3.05, 3.63) is 30.1 Å². The van der Waals surface area contributed by atoms with E-state index >= 15 is 0 Å². The lowest BCUT2D eigenvalue weighted by molar-refractivity contribution is 0.117. The number of rotatable bonds is 5. The molecule has 0 bridgehead atoms. The molecule has 0 saturated heterocycles. The first-order chi connectivity index (χ1) is 8.49. The van der Waals surface area contributed by atoms with Gasteiger partial charge < -0.3 is 15.7 Å². The minimum atomic E-state index is -0.431. The van der Waals surface area contributed by atoms with E-state index in [1.54, 1.807) is 6.07 Å². The molecule has 18 heavy (non-hydrogen) atoms. The van der Waals surface area contributed by atoms with Crippen LogP contribution in [0.4, 0.5) is 14.9 Å². The number of hydrogen-bond acceptors (Lipinski definition) is 2. The third-order valence-electron chi connectivity index (χ3n) is 2.58. The van der Waals surface area contributed by atoms with E-state index in [0.717, 1.165) is 0 Å². The van der Waals surface area contributed by atoms with E-state index in [0.29, 0.717) is 18.7 Å². The summed E-state index contributed by atoms with van der Waals surface area (Å²) in [6, 6.07) is 5.26. The predicted octanol–water partition coefficient (Wildman–Crippen LogP) is 2.35. The third-order valence-corrected chi connectivity index (χ3v) is 2.58. The van der Waals surface area contributed by atoms with Gasteiger partial charge in [-0.1, -0.05) is 19.9 Å². The molecule has 4 nitrogen and oxygen atoms in total. The number of hydrogen-bond donors (Lipinski definition) is 3. The summed E-state index contributed by atoms with van der Waals surface area (Å²) in [7, 11) is 0. The molecule has 1 aromatic rings. The molecule has 100 valence electrons. The second-order valence-corrected chi connectivity index (χ2v) is 4.49. The average molecular weight is 254 g/mol. The number of carbonyl (C=O) groups is 1. The highest BCUT2D eigenvalue weighted by Crippen LogP contribution is 2.08. The Morgan fingerprint density at radius 1 is 1.44 bits per heavy atom. The van der Waals surface area contributed by atoms with Crippen molar-refractivity contribution in [3.8, 4) is 0 Å². The van der Waals surface area contributed by atoms with Gasteiger partial charge in [0.1, 0.15) is 5.82 Å². The van der Waals surface area contributed by atoms with Gasteiger partial charge in [-0.3, -0.25) is 0 Å². The standard InChI is InChI=1S/C13H19FN2O2/c1-9(2)12(17)6-7-15-13(18)16-11-5-3-4-10(14)8-11/h3-5,8-9,12,17H,6-7H2,1-2H3,(H2,15,16,18). The predicted molar refractivity (Wildman–Crippen MR) is 68.9 cm³/mol. The highest BCUT2D eigenvalue weighted by Gasteiger charge is 2.09. The van der Waals surface area contributed by atoms with Crippen LogP contribution in [0.15, 0.2) is 24.3 Å². The number of aliphatic hydroxyl groups is 1. The fourth-order valence-electron chi connectivity index (χ4n) is 1.41. The summed E-state index contributed by atoms with van der Waals surface area (Å²) < 4.78 is 12.9. The SMILES string of the molecule is CC(C)C(O)CCNC(=O)Nc1cccc(F)c1. The number of benzene rings is 1. The molecule has 0 heterocycles. The Bertz CT molecular complexity index is 396. The molecule has 0 spiro atoms. The number of aliphatic hydroxyl groups excluding tert-OH is 1. The molecular weight excluding hydrogens is 235 g/mol. The van der Waals surface area contributed by atoms with Crippen LogP contribution in [0.25, 0.3) is 0 Å². The Morgan fingerprint density at radius 2 is 2.17 bits per heavy atom. The van der Waals surface area contributed by atoms with Crippen molar-refractivity contribution in [1.29, 1.82) is 0 Å². The fraction of sp³-hybridized carbons (Fsp3) is 0.462. The summed E-state index contributed by atoms with van der Waals surface area (Å²) in [5.41, 5.74) is 0.400. The highest BCUT2D eigenvalue weighted by molar-refractivity contribution is 5.89. The number of carbonyl (C=O) groups excluding carboxylic acids is 1. The van der Waals surface area contributed by atoms with E-state index in [1.165, 1.54) is 18.2 Å². The van der Waals surface area contributed by atoms with Gasteiger partial charge in [-0.15, -0.1) is 0 Å². The largest absolute Gasteiger partial charge is 0.393 e. The molecule has 0 aromatic heterocycles. The topological polar surface area (TPSA) is 61.4 Å². The van der Waals surface area contributed by atoms with Crippen molar-refractivity contribution in [3.63, 3.8) is 0 Å². The van der Waals surface area contributed by atoms with Crippen molar-refractivity contribution >= 4 is 11.7 Å². The first-order valence-corrected chi connectivity index (χ1v) is 5.97. The monoisotopic (exact) mass is 254 g/mol.